The second kappa shape index (κ2) is 4.58. The maximum atomic E-state index is 10.5. The molecule has 0 saturated heterocycles. The Kier molecular flexibility index (Phi) is 2.97. The molecule has 0 amide bonds. The summed E-state index contributed by atoms with van der Waals surface area (Å²) in [6.07, 6.45) is 0. The number of benzene rings is 2. The van der Waals surface area contributed by atoms with Crippen LogP contribution in [0.25, 0.3) is 16.7 Å². The number of hydrogen-bond acceptors (Lipinski definition) is 3. The van der Waals surface area contributed by atoms with Crippen molar-refractivity contribution >= 4 is 11.0 Å². The van der Waals surface area contributed by atoms with Crippen LogP contribution in [0, 0.1) is 6.92 Å². The Morgan fingerprint density at radius 1 is 0.952 bits per heavy atom. The van der Waals surface area contributed by atoms with E-state index in [1.54, 1.807) is 4.80 Å². The van der Waals surface area contributed by atoms with Crippen LogP contribution in [0.5, 0.6) is 5.75 Å². The summed E-state index contributed by atoms with van der Waals surface area (Å²) in [6.45, 7) is 8.15. The lowest BCUT2D eigenvalue weighted by molar-refractivity contribution is 0.442. The number of fused-ring (bicyclic) bond motifs is 1. The fourth-order valence-corrected chi connectivity index (χ4v) is 2.48. The molecule has 1 heterocycles. The highest BCUT2D eigenvalue weighted by atomic mass is 16.3. The molecule has 0 aliphatic carbocycles. The van der Waals surface area contributed by atoms with Crippen LogP contribution in [0.3, 0.4) is 0 Å². The Morgan fingerprint density at radius 3 is 2.05 bits per heavy atom. The minimum absolute atomic E-state index is 0.102. The Labute approximate surface area is 124 Å². The Hall–Kier alpha value is -2.36. The summed E-state index contributed by atoms with van der Waals surface area (Å²) < 4.78 is 0. The van der Waals surface area contributed by atoms with Gasteiger partial charge in [-0.2, -0.15) is 4.80 Å². The summed E-state index contributed by atoms with van der Waals surface area (Å²) in [5.41, 5.74) is 4.11. The fraction of sp³-hybridized carbons (Fsp3) is 0.294. The van der Waals surface area contributed by atoms with E-state index < -0.39 is 0 Å². The molecule has 0 unspecified atom stereocenters. The molecule has 0 fully saturated rings. The van der Waals surface area contributed by atoms with Crippen molar-refractivity contribution in [3.05, 3.63) is 47.5 Å². The van der Waals surface area contributed by atoms with Gasteiger partial charge in [0.1, 0.15) is 16.8 Å². The van der Waals surface area contributed by atoms with E-state index in [4.69, 9.17) is 0 Å². The highest BCUT2D eigenvalue weighted by Gasteiger charge is 2.21. The van der Waals surface area contributed by atoms with E-state index in [0.29, 0.717) is 5.75 Å². The SMILES string of the molecule is Cc1c(-n2nc3ccccc3n2)ccc(C(C)(C)C)c1O. The van der Waals surface area contributed by atoms with E-state index in [0.717, 1.165) is 27.8 Å². The van der Waals surface area contributed by atoms with Crippen molar-refractivity contribution in [3.8, 4) is 11.4 Å². The lowest BCUT2D eigenvalue weighted by atomic mass is 9.85. The first-order valence-electron chi connectivity index (χ1n) is 7.03. The zero-order valence-corrected chi connectivity index (χ0v) is 12.8. The zero-order valence-electron chi connectivity index (χ0n) is 12.8. The maximum Gasteiger partial charge on any atom is 0.124 e. The zero-order chi connectivity index (χ0) is 15.2. The molecule has 3 rings (SSSR count). The van der Waals surface area contributed by atoms with Crippen molar-refractivity contribution in [2.24, 2.45) is 0 Å². The second-order valence-electron chi connectivity index (χ2n) is 6.33. The molecule has 0 aliphatic heterocycles. The third-order valence-electron chi connectivity index (χ3n) is 3.71. The Morgan fingerprint density at radius 2 is 1.52 bits per heavy atom. The minimum atomic E-state index is -0.102. The van der Waals surface area contributed by atoms with Crippen LogP contribution in [0.15, 0.2) is 36.4 Å². The van der Waals surface area contributed by atoms with Crippen molar-refractivity contribution < 1.29 is 5.11 Å². The standard InChI is InChI=1S/C17H19N3O/c1-11-15(10-9-12(16(11)21)17(2,3)4)20-18-13-7-5-6-8-14(13)19-20/h5-10,21H,1-4H3. The summed E-state index contributed by atoms with van der Waals surface area (Å²) in [6, 6.07) is 11.7. The van der Waals surface area contributed by atoms with Crippen LogP contribution in [-0.2, 0) is 5.41 Å². The number of phenolic OH excluding ortho intramolecular Hbond substituents is 1. The molecule has 0 bridgehead atoms. The van der Waals surface area contributed by atoms with Crippen molar-refractivity contribution in [2.75, 3.05) is 0 Å². The van der Waals surface area contributed by atoms with E-state index in [2.05, 4.69) is 31.0 Å². The summed E-state index contributed by atoms with van der Waals surface area (Å²) in [5, 5.41) is 19.4. The van der Waals surface area contributed by atoms with Gasteiger partial charge < -0.3 is 5.11 Å². The molecular weight excluding hydrogens is 262 g/mol. The van der Waals surface area contributed by atoms with Crippen LogP contribution in [0.4, 0.5) is 0 Å². The molecule has 21 heavy (non-hydrogen) atoms. The van der Waals surface area contributed by atoms with Crippen molar-refractivity contribution in [3.63, 3.8) is 0 Å². The van der Waals surface area contributed by atoms with Gasteiger partial charge in [-0.05, 0) is 36.1 Å². The van der Waals surface area contributed by atoms with E-state index >= 15 is 0 Å². The first-order chi connectivity index (χ1) is 9.88. The number of hydrogen-bond donors (Lipinski definition) is 1. The van der Waals surface area contributed by atoms with Crippen LogP contribution in [0.2, 0.25) is 0 Å². The summed E-state index contributed by atoms with van der Waals surface area (Å²) in [7, 11) is 0. The largest absolute Gasteiger partial charge is 0.507 e. The molecule has 0 radical (unpaired) electrons. The van der Waals surface area contributed by atoms with E-state index in [1.807, 2.05) is 43.3 Å². The average Bonchev–Trinajstić information content (AvgIpc) is 2.83. The summed E-state index contributed by atoms with van der Waals surface area (Å²) >= 11 is 0. The molecule has 1 N–H and O–H groups in total. The van der Waals surface area contributed by atoms with Gasteiger partial charge in [-0.3, -0.25) is 0 Å². The highest BCUT2D eigenvalue weighted by Crippen LogP contribution is 2.35. The van der Waals surface area contributed by atoms with Crippen molar-refractivity contribution in [1.29, 1.82) is 0 Å². The number of nitrogens with zero attached hydrogens (tertiary/aromatic N) is 3. The van der Waals surface area contributed by atoms with Gasteiger partial charge in [0, 0.05) is 5.56 Å². The van der Waals surface area contributed by atoms with Crippen molar-refractivity contribution in [1.82, 2.24) is 15.0 Å². The van der Waals surface area contributed by atoms with E-state index in [-0.39, 0.29) is 5.41 Å². The molecule has 0 saturated carbocycles. The highest BCUT2D eigenvalue weighted by molar-refractivity contribution is 5.73. The molecule has 0 spiro atoms. The monoisotopic (exact) mass is 281 g/mol. The summed E-state index contributed by atoms with van der Waals surface area (Å²) in [4.78, 5) is 1.59. The lowest BCUT2D eigenvalue weighted by Crippen LogP contribution is -2.13. The summed E-state index contributed by atoms with van der Waals surface area (Å²) in [5.74, 6) is 0.321. The predicted octanol–water partition coefficient (Wildman–Crippen LogP) is 3.73. The Bertz CT molecular complexity index is 780. The number of aromatic nitrogens is 3. The third kappa shape index (κ3) is 2.27. The minimum Gasteiger partial charge on any atom is -0.507 e. The van der Waals surface area contributed by atoms with Gasteiger partial charge in [-0.15, -0.1) is 10.2 Å². The maximum absolute atomic E-state index is 10.5. The smallest absolute Gasteiger partial charge is 0.124 e. The topological polar surface area (TPSA) is 50.9 Å². The second-order valence-corrected chi connectivity index (χ2v) is 6.33. The van der Waals surface area contributed by atoms with Gasteiger partial charge in [0.05, 0.1) is 5.69 Å². The Balaban J connectivity index is 2.17. The lowest BCUT2D eigenvalue weighted by Gasteiger charge is -2.22. The van der Waals surface area contributed by atoms with Crippen LogP contribution in [0.1, 0.15) is 31.9 Å². The third-order valence-corrected chi connectivity index (χ3v) is 3.71. The van der Waals surface area contributed by atoms with Crippen LogP contribution < -0.4 is 0 Å². The average molecular weight is 281 g/mol. The van der Waals surface area contributed by atoms with Gasteiger partial charge in [0.15, 0.2) is 0 Å². The van der Waals surface area contributed by atoms with E-state index in [1.165, 1.54) is 0 Å². The quantitative estimate of drug-likeness (QED) is 0.739. The van der Waals surface area contributed by atoms with Gasteiger partial charge in [-0.1, -0.05) is 39.0 Å². The molecule has 4 nitrogen and oxygen atoms in total. The van der Waals surface area contributed by atoms with Gasteiger partial charge in [0.2, 0.25) is 0 Å². The molecule has 2 aromatic carbocycles. The number of phenols is 1. The number of aromatic hydroxyl groups is 1. The molecule has 3 aromatic rings. The van der Waals surface area contributed by atoms with Gasteiger partial charge in [-0.25, -0.2) is 0 Å². The molecular formula is C17H19N3O. The van der Waals surface area contributed by atoms with Crippen molar-refractivity contribution in [2.45, 2.75) is 33.1 Å². The fourth-order valence-electron chi connectivity index (χ4n) is 2.48. The van der Waals surface area contributed by atoms with E-state index in [9.17, 15) is 5.11 Å². The predicted molar refractivity (Wildman–Crippen MR) is 84.0 cm³/mol. The van der Waals surface area contributed by atoms with Crippen LogP contribution >= 0.6 is 0 Å². The molecule has 108 valence electrons. The molecule has 0 aliphatic rings. The molecule has 1 aromatic heterocycles. The van der Waals surface area contributed by atoms with Gasteiger partial charge in [0.25, 0.3) is 0 Å². The first kappa shape index (κ1) is 13.6. The molecule has 4 heteroatoms. The number of rotatable bonds is 1. The van der Waals surface area contributed by atoms with Crippen LogP contribution in [-0.4, -0.2) is 20.1 Å². The molecule has 0 atom stereocenters. The van der Waals surface area contributed by atoms with Gasteiger partial charge >= 0.3 is 0 Å². The first-order valence-corrected chi connectivity index (χ1v) is 7.03. The normalized spacial score (nSPS) is 12.0.